The summed E-state index contributed by atoms with van der Waals surface area (Å²) in [4.78, 5) is 18.2. The lowest BCUT2D eigenvalue weighted by Gasteiger charge is -2.34. The number of Topliss-reactive ketones (excluding diaryl/α,β-unsaturated/α-hetero) is 1. The molecule has 0 aromatic carbocycles. The van der Waals surface area contributed by atoms with E-state index in [9.17, 15) is 4.79 Å². The van der Waals surface area contributed by atoms with Gasteiger partial charge in [-0.1, -0.05) is 13.8 Å². The molecule has 0 spiro atoms. The number of rotatable bonds is 4. The summed E-state index contributed by atoms with van der Waals surface area (Å²) >= 11 is 0. The molecule has 0 radical (unpaired) electrons. The van der Waals surface area contributed by atoms with Crippen molar-refractivity contribution in [3.05, 3.63) is 24.0 Å². The number of hydrogen-bond acceptors (Lipinski definition) is 3. The predicted molar refractivity (Wildman–Crippen MR) is 78.7 cm³/mol. The highest BCUT2D eigenvalue weighted by Gasteiger charge is 2.22. The fourth-order valence-corrected chi connectivity index (χ4v) is 2.78. The predicted octanol–water partition coefficient (Wildman–Crippen LogP) is 3.69. The van der Waals surface area contributed by atoms with Crippen molar-refractivity contribution in [1.82, 2.24) is 4.98 Å². The second kappa shape index (κ2) is 6.18. The zero-order valence-corrected chi connectivity index (χ0v) is 12.2. The van der Waals surface area contributed by atoms with Crippen LogP contribution in [-0.4, -0.2) is 23.9 Å². The second-order valence-electron chi connectivity index (χ2n) is 5.70. The Labute approximate surface area is 116 Å². The van der Waals surface area contributed by atoms with Crippen molar-refractivity contribution in [1.29, 1.82) is 0 Å². The molecule has 104 valence electrons. The maximum absolute atomic E-state index is 11.6. The first-order valence-corrected chi connectivity index (χ1v) is 7.34. The highest BCUT2D eigenvalue weighted by molar-refractivity contribution is 5.94. The number of carbonyl (C=O) groups excluding carboxylic acids is 1. The molecule has 0 bridgehead atoms. The van der Waals surface area contributed by atoms with E-state index < -0.39 is 0 Å². The molecule has 3 heteroatoms. The van der Waals surface area contributed by atoms with Gasteiger partial charge in [0, 0.05) is 19.5 Å². The maximum Gasteiger partial charge on any atom is 0.180 e. The lowest BCUT2D eigenvalue weighted by Crippen LogP contribution is -2.34. The Morgan fingerprint density at radius 3 is 2.53 bits per heavy atom. The monoisotopic (exact) mass is 260 g/mol. The van der Waals surface area contributed by atoms with E-state index in [1.807, 2.05) is 25.3 Å². The van der Waals surface area contributed by atoms with Gasteiger partial charge in [0.25, 0.3) is 0 Å². The largest absolute Gasteiger partial charge is 0.370 e. The zero-order valence-electron chi connectivity index (χ0n) is 12.2. The van der Waals surface area contributed by atoms with Crippen molar-refractivity contribution in [2.24, 2.45) is 5.92 Å². The van der Waals surface area contributed by atoms with Crippen LogP contribution in [0.1, 0.15) is 56.4 Å². The van der Waals surface area contributed by atoms with E-state index >= 15 is 0 Å². The van der Waals surface area contributed by atoms with Gasteiger partial charge in [0.2, 0.25) is 0 Å². The smallest absolute Gasteiger partial charge is 0.180 e. The first-order chi connectivity index (χ1) is 9.11. The molecule has 2 rings (SSSR count). The van der Waals surface area contributed by atoms with E-state index in [2.05, 4.69) is 23.9 Å². The van der Waals surface area contributed by atoms with Crippen molar-refractivity contribution in [3.63, 3.8) is 0 Å². The van der Waals surface area contributed by atoms with Crippen molar-refractivity contribution in [2.75, 3.05) is 11.9 Å². The van der Waals surface area contributed by atoms with Crippen molar-refractivity contribution >= 4 is 11.5 Å². The molecular formula is C16H24N2O. The summed E-state index contributed by atoms with van der Waals surface area (Å²) in [7, 11) is 2.14. The van der Waals surface area contributed by atoms with E-state index in [1.165, 1.54) is 25.7 Å². The third-order valence-corrected chi connectivity index (χ3v) is 4.30. The van der Waals surface area contributed by atoms with Crippen molar-refractivity contribution in [2.45, 2.75) is 52.0 Å². The number of pyridine rings is 1. The number of carbonyl (C=O) groups is 1. The van der Waals surface area contributed by atoms with Crippen LogP contribution in [0.5, 0.6) is 0 Å². The summed E-state index contributed by atoms with van der Waals surface area (Å²) in [5, 5.41) is 0. The van der Waals surface area contributed by atoms with E-state index in [-0.39, 0.29) is 5.78 Å². The lowest BCUT2D eigenvalue weighted by molar-refractivity contribution is 0.0983. The molecule has 0 saturated heterocycles. The highest BCUT2D eigenvalue weighted by Crippen LogP contribution is 2.29. The van der Waals surface area contributed by atoms with Crippen molar-refractivity contribution in [3.8, 4) is 0 Å². The highest BCUT2D eigenvalue weighted by atomic mass is 16.1. The molecule has 1 fully saturated rings. The van der Waals surface area contributed by atoms with Crippen LogP contribution < -0.4 is 4.90 Å². The van der Waals surface area contributed by atoms with Crippen LogP contribution in [0.25, 0.3) is 0 Å². The Kier molecular flexibility index (Phi) is 4.56. The molecule has 0 aliphatic heterocycles. The van der Waals surface area contributed by atoms with E-state index in [1.54, 1.807) is 0 Å². The fraction of sp³-hybridized carbons (Fsp3) is 0.625. The average molecular weight is 260 g/mol. The van der Waals surface area contributed by atoms with Gasteiger partial charge in [-0.2, -0.15) is 0 Å². The van der Waals surface area contributed by atoms with Gasteiger partial charge in [-0.15, -0.1) is 0 Å². The molecule has 0 amide bonds. The van der Waals surface area contributed by atoms with E-state index in [0.717, 1.165) is 11.6 Å². The molecule has 0 N–H and O–H groups in total. The summed E-state index contributed by atoms with van der Waals surface area (Å²) in [5.41, 5.74) is 1.70. The van der Waals surface area contributed by atoms with Crippen LogP contribution in [0.4, 0.5) is 5.69 Å². The Balaban J connectivity index is 2.03. The molecule has 1 aliphatic rings. The molecule has 19 heavy (non-hydrogen) atoms. The molecule has 0 unspecified atom stereocenters. The summed E-state index contributed by atoms with van der Waals surface area (Å²) < 4.78 is 0. The number of hydrogen-bond donors (Lipinski definition) is 0. The third kappa shape index (κ3) is 3.34. The maximum atomic E-state index is 11.6. The van der Waals surface area contributed by atoms with Gasteiger partial charge in [0.15, 0.2) is 5.78 Å². The number of nitrogens with zero attached hydrogens (tertiary/aromatic N) is 2. The summed E-state index contributed by atoms with van der Waals surface area (Å²) in [6.45, 7) is 4.20. The van der Waals surface area contributed by atoms with Crippen LogP contribution in [0.15, 0.2) is 18.3 Å². The lowest BCUT2D eigenvalue weighted by atomic mass is 9.86. The minimum atomic E-state index is 0.112. The van der Waals surface area contributed by atoms with Gasteiger partial charge in [-0.3, -0.25) is 9.78 Å². The first kappa shape index (κ1) is 14.0. The standard InChI is InChI=1S/C16H24N2O/c1-4-16(19)15-10-9-14(11-17-15)18(3)13-7-5-12(2)6-8-13/h9-13H,4-8H2,1-3H3. The van der Waals surface area contributed by atoms with Crippen LogP contribution in [0, 0.1) is 5.92 Å². The first-order valence-electron chi connectivity index (χ1n) is 7.34. The van der Waals surface area contributed by atoms with Gasteiger partial charge in [-0.25, -0.2) is 0 Å². The summed E-state index contributed by atoms with van der Waals surface area (Å²) in [5.74, 6) is 0.980. The van der Waals surface area contributed by atoms with Gasteiger partial charge in [-0.05, 0) is 43.7 Å². The molecule has 1 saturated carbocycles. The minimum Gasteiger partial charge on any atom is -0.370 e. The zero-order chi connectivity index (χ0) is 13.8. The molecule has 1 aliphatic carbocycles. The second-order valence-corrected chi connectivity index (χ2v) is 5.70. The van der Waals surface area contributed by atoms with Crippen LogP contribution >= 0.6 is 0 Å². The van der Waals surface area contributed by atoms with Crippen LogP contribution in [0.3, 0.4) is 0 Å². The van der Waals surface area contributed by atoms with Crippen LogP contribution in [0.2, 0.25) is 0 Å². The molecular weight excluding hydrogens is 236 g/mol. The molecule has 1 aromatic heterocycles. The quantitative estimate of drug-likeness (QED) is 0.774. The number of aromatic nitrogens is 1. The molecule has 3 nitrogen and oxygen atoms in total. The van der Waals surface area contributed by atoms with Gasteiger partial charge in [0.1, 0.15) is 5.69 Å². The minimum absolute atomic E-state index is 0.112. The topological polar surface area (TPSA) is 33.2 Å². The molecule has 1 aromatic rings. The Hall–Kier alpha value is -1.38. The third-order valence-electron chi connectivity index (χ3n) is 4.30. The van der Waals surface area contributed by atoms with Gasteiger partial charge < -0.3 is 4.90 Å². The van der Waals surface area contributed by atoms with Gasteiger partial charge in [0.05, 0.1) is 11.9 Å². The van der Waals surface area contributed by atoms with Gasteiger partial charge >= 0.3 is 0 Å². The summed E-state index contributed by atoms with van der Waals surface area (Å²) in [6.07, 6.45) is 7.49. The number of anilines is 1. The fourth-order valence-electron chi connectivity index (χ4n) is 2.78. The van der Waals surface area contributed by atoms with E-state index in [4.69, 9.17) is 0 Å². The summed E-state index contributed by atoms with van der Waals surface area (Å²) in [6, 6.07) is 4.49. The average Bonchev–Trinajstić information content (AvgIpc) is 2.46. The normalized spacial score (nSPS) is 23.1. The number of ketones is 1. The molecule has 1 heterocycles. The SMILES string of the molecule is CCC(=O)c1ccc(N(C)C2CCC(C)CC2)cn1. The Morgan fingerprint density at radius 2 is 2.00 bits per heavy atom. The van der Waals surface area contributed by atoms with Crippen molar-refractivity contribution < 1.29 is 4.79 Å². The Morgan fingerprint density at radius 1 is 1.32 bits per heavy atom. The van der Waals surface area contributed by atoms with Crippen LogP contribution in [-0.2, 0) is 0 Å². The molecule has 0 atom stereocenters. The Bertz CT molecular complexity index is 419. The van der Waals surface area contributed by atoms with E-state index in [0.29, 0.717) is 18.2 Å².